The van der Waals surface area contributed by atoms with Gasteiger partial charge in [0, 0.05) is 48.7 Å². The molecule has 0 aliphatic carbocycles. The molecule has 0 aromatic heterocycles. The Balaban J connectivity index is 1.02. The number of aliphatic hydroxyl groups is 2. The van der Waals surface area contributed by atoms with Crippen molar-refractivity contribution in [3.8, 4) is 0 Å². The molecule has 0 spiro atoms. The molecule has 5 aromatic rings. The van der Waals surface area contributed by atoms with Gasteiger partial charge in [-0.15, -0.1) is 0 Å². The van der Waals surface area contributed by atoms with E-state index in [-0.39, 0.29) is 43.3 Å². The first-order chi connectivity index (χ1) is 28.6. The minimum Gasteiger partial charge on any atom is -0.394 e. The number of anilines is 5. The maximum Gasteiger partial charge on any atom is 0.264 e. The highest BCUT2D eigenvalue weighted by molar-refractivity contribution is 6.09. The van der Waals surface area contributed by atoms with Crippen molar-refractivity contribution in [3.05, 3.63) is 161 Å². The van der Waals surface area contributed by atoms with Gasteiger partial charge >= 0.3 is 0 Å². The standard InChI is InChI=1S/C49H46N4O6/c1-32(9-8-16-45(55)50-30-37-13-3-2-12-36(37)27-40(50)31-54)49(59)41-28-39(53-43-15-7-5-11-35(43)20-26-47(53)57)23-24-44(41)51(48(49)58)29-33-17-21-38(22-18-33)52-42-14-6-4-10-34(42)19-25-46(52)56/h2-15,17-18,21-24,28,32,40,54,59H,16,19-20,25-27,29-31H2,1H3/b9-8+/t32-,40+,49+/m1/s1. The molecular formula is C49H46N4O6. The first-order valence-corrected chi connectivity index (χ1v) is 20.4. The summed E-state index contributed by atoms with van der Waals surface area (Å²) in [6.45, 7) is 2.16. The zero-order valence-corrected chi connectivity index (χ0v) is 33.0. The number of amides is 4. The van der Waals surface area contributed by atoms with Gasteiger partial charge in [0.25, 0.3) is 5.91 Å². The molecular weight excluding hydrogens is 741 g/mol. The Labute approximate surface area is 343 Å². The molecule has 0 fully saturated rings. The van der Waals surface area contributed by atoms with Crippen molar-refractivity contribution >= 4 is 52.1 Å². The third kappa shape index (κ3) is 6.72. The summed E-state index contributed by atoms with van der Waals surface area (Å²) in [6, 6.07) is 36.2. The van der Waals surface area contributed by atoms with Gasteiger partial charge in [0.05, 0.1) is 36.3 Å². The first kappa shape index (κ1) is 38.2. The summed E-state index contributed by atoms with van der Waals surface area (Å²) in [7, 11) is 0. The van der Waals surface area contributed by atoms with Crippen LogP contribution in [0.25, 0.3) is 0 Å². The number of para-hydroxylation sites is 2. The van der Waals surface area contributed by atoms with Crippen LogP contribution in [0, 0.1) is 5.92 Å². The number of aryl methyl sites for hydroxylation is 2. The quantitative estimate of drug-likeness (QED) is 0.153. The van der Waals surface area contributed by atoms with E-state index in [0.717, 1.165) is 44.9 Å². The SMILES string of the molecule is C[C@H](/C=C/CC(=O)N1Cc2ccccc2C[C@H]1CO)[C@@]1(O)C(=O)N(Cc2ccc(N3C(=O)CCc4ccccc43)cc2)c2ccc(N3C(=O)CCc4ccccc43)cc21. The van der Waals surface area contributed by atoms with Gasteiger partial charge in [-0.1, -0.05) is 91.9 Å². The molecule has 4 aliphatic heterocycles. The molecule has 4 heterocycles. The molecule has 0 radical (unpaired) electrons. The third-order valence-electron chi connectivity index (χ3n) is 12.5. The highest BCUT2D eigenvalue weighted by Crippen LogP contribution is 2.48. The Morgan fingerprint density at radius 3 is 1.95 bits per heavy atom. The van der Waals surface area contributed by atoms with Crippen LogP contribution in [0.4, 0.5) is 28.4 Å². The summed E-state index contributed by atoms with van der Waals surface area (Å²) in [5.41, 5.74) is 6.94. The molecule has 0 bridgehead atoms. The number of carbonyl (C=O) groups excluding carboxylic acids is 4. The van der Waals surface area contributed by atoms with E-state index in [2.05, 4.69) is 0 Å². The van der Waals surface area contributed by atoms with Crippen LogP contribution in [-0.2, 0) is 57.1 Å². The van der Waals surface area contributed by atoms with E-state index < -0.39 is 17.4 Å². The molecule has 0 saturated heterocycles. The van der Waals surface area contributed by atoms with E-state index in [1.807, 2.05) is 103 Å². The fourth-order valence-corrected chi connectivity index (χ4v) is 9.26. The van der Waals surface area contributed by atoms with E-state index in [1.54, 1.807) is 50.8 Å². The average molecular weight is 787 g/mol. The number of carbonyl (C=O) groups is 4. The van der Waals surface area contributed by atoms with Crippen molar-refractivity contribution in [1.82, 2.24) is 4.90 Å². The predicted octanol–water partition coefficient (Wildman–Crippen LogP) is 7.17. The number of benzene rings is 5. The minimum atomic E-state index is -2.02. The van der Waals surface area contributed by atoms with Gasteiger partial charge in [-0.3, -0.25) is 29.0 Å². The fourth-order valence-electron chi connectivity index (χ4n) is 9.26. The van der Waals surface area contributed by atoms with Crippen molar-refractivity contribution in [3.63, 3.8) is 0 Å². The molecule has 5 aromatic carbocycles. The molecule has 3 atom stereocenters. The number of hydrogen-bond acceptors (Lipinski definition) is 6. The first-order valence-electron chi connectivity index (χ1n) is 20.4. The van der Waals surface area contributed by atoms with Gasteiger partial charge in [0.2, 0.25) is 17.7 Å². The molecule has 59 heavy (non-hydrogen) atoms. The van der Waals surface area contributed by atoms with Gasteiger partial charge in [-0.05, 0) is 89.5 Å². The minimum absolute atomic E-state index is 0.0222. The summed E-state index contributed by atoms with van der Waals surface area (Å²) in [4.78, 5) is 61.6. The third-order valence-corrected chi connectivity index (χ3v) is 12.5. The van der Waals surface area contributed by atoms with E-state index in [1.165, 1.54) is 0 Å². The highest BCUT2D eigenvalue weighted by atomic mass is 16.3. The Morgan fingerprint density at radius 2 is 1.31 bits per heavy atom. The van der Waals surface area contributed by atoms with Gasteiger partial charge in [-0.25, -0.2) is 0 Å². The maximum atomic E-state index is 14.7. The summed E-state index contributed by atoms with van der Waals surface area (Å²) in [5.74, 6) is -1.49. The molecule has 0 saturated carbocycles. The van der Waals surface area contributed by atoms with E-state index in [9.17, 15) is 29.4 Å². The van der Waals surface area contributed by atoms with Crippen molar-refractivity contribution in [2.45, 2.75) is 70.2 Å². The number of nitrogens with zero attached hydrogens (tertiary/aromatic N) is 4. The van der Waals surface area contributed by atoms with Crippen LogP contribution in [0.3, 0.4) is 0 Å². The van der Waals surface area contributed by atoms with Crippen LogP contribution >= 0.6 is 0 Å². The molecule has 9 rings (SSSR count). The number of aliphatic hydroxyl groups excluding tert-OH is 1. The zero-order chi connectivity index (χ0) is 40.8. The van der Waals surface area contributed by atoms with Crippen molar-refractivity contribution < 1.29 is 29.4 Å². The van der Waals surface area contributed by atoms with Gasteiger partial charge < -0.3 is 20.0 Å². The second kappa shape index (κ2) is 15.4. The van der Waals surface area contributed by atoms with Crippen LogP contribution < -0.4 is 14.7 Å². The lowest BCUT2D eigenvalue weighted by atomic mass is 9.82. The van der Waals surface area contributed by atoms with Gasteiger partial charge in [0.15, 0.2) is 5.60 Å². The molecule has 4 aliphatic rings. The highest BCUT2D eigenvalue weighted by Gasteiger charge is 2.53. The normalized spacial score (nSPS) is 20.4. The molecule has 298 valence electrons. The predicted molar refractivity (Wildman–Crippen MR) is 226 cm³/mol. The Bertz CT molecular complexity index is 2510. The molecule has 10 nitrogen and oxygen atoms in total. The van der Waals surface area contributed by atoms with Gasteiger partial charge in [0.1, 0.15) is 0 Å². The Hall–Kier alpha value is -6.36. The monoisotopic (exact) mass is 786 g/mol. The van der Waals surface area contributed by atoms with Gasteiger partial charge in [-0.2, -0.15) is 0 Å². The molecule has 4 amide bonds. The fraction of sp³-hybridized carbons (Fsp3) is 0.265. The van der Waals surface area contributed by atoms with E-state index in [4.69, 9.17) is 0 Å². The lowest BCUT2D eigenvalue weighted by Gasteiger charge is -2.36. The lowest BCUT2D eigenvalue weighted by molar-refractivity contribution is -0.139. The Morgan fingerprint density at radius 1 is 0.729 bits per heavy atom. The number of rotatable bonds is 9. The summed E-state index contributed by atoms with van der Waals surface area (Å²) < 4.78 is 0. The van der Waals surface area contributed by atoms with Crippen molar-refractivity contribution in [2.24, 2.45) is 5.92 Å². The van der Waals surface area contributed by atoms with E-state index >= 15 is 0 Å². The van der Waals surface area contributed by atoms with Crippen LogP contribution in [0.2, 0.25) is 0 Å². The van der Waals surface area contributed by atoms with E-state index in [0.29, 0.717) is 55.6 Å². The maximum absolute atomic E-state index is 14.7. The second-order valence-electron chi connectivity index (χ2n) is 16.0. The lowest BCUT2D eigenvalue weighted by Crippen LogP contribution is -2.46. The van der Waals surface area contributed by atoms with Crippen LogP contribution in [0.5, 0.6) is 0 Å². The van der Waals surface area contributed by atoms with Crippen LogP contribution in [0.1, 0.15) is 59.6 Å². The number of fused-ring (bicyclic) bond motifs is 4. The summed E-state index contributed by atoms with van der Waals surface area (Å²) in [6.07, 6.45) is 6.09. The number of hydrogen-bond donors (Lipinski definition) is 2. The van der Waals surface area contributed by atoms with Crippen molar-refractivity contribution in [1.29, 1.82) is 0 Å². The molecule has 2 N–H and O–H groups in total. The smallest absolute Gasteiger partial charge is 0.264 e. The van der Waals surface area contributed by atoms with Crippen LogP contribution in [-0.4, -0.2) is 51.4 Å². The van der Waals surface area contributed by atoms with Crippen molar-refractivity contribution in [2.75, 3.05) is 21.3 Å². The topological polar surface area (TPSA) is 122 Å². The molecule has 0 unspecified atom stereocenters. The average Bonchev–Trinajstić information content (AvgIpc) is 3.47. The molecule has 10 heteroatoms. The van der Waals surface area contributed by atoms with Crippen LogP contribution in [0.15, 0.2) is 127 Å². The Kier molecular flexibility index (Phi) is 9.98. The summed E-state index contributed by atoms with van der Waals surface area (Å²) >= 11 is 0. The largest absolute Gasteiger partial charge is 0.394 e. The second-order valence-corrected chi connectivity index (χ2v) is 16.0. The summed E-state index contributed by atoms with van der Waals surface area (Å²) in [5, 5.41) is 22.9. The zero-order valence-electron chi connectivity index (χ0n) is 33.0.